The van der Waals surface area contributed by atoms with Crippen molar-refractivity contribution in [1.29, 1.82) is 0 Å². The van der Waals surface area contributed by atoms with Crippen molar-refractivity contribution in [3.05, 3.63) is 42.7 Å². The third-order valence-electron chi connectivity index (χ3n) is 2.66. The molecule has 1 atom stereocenters. The number of aliphatic hydroxyl groups is 1. The van der Waals surface area contributed by atoms with Gasteiger partial charge in [-0.05, 0) is 12.0 Å². The molecule has 0 fully saturated rings. The highest BCUT2D eigenvalue weighted by molar-refractivity contribution is 5.61. The Hall–Kier alpha value is -1.65. The van der Waals surface area contributed by atoms with Gasteiger partial charge in [-0.2, -0.15) is 5.10 Å². The Bertz CT molecular complexity index is 453. The molecule has 4 heteroatoms. The topological polar surface area (TPSA) is 64.1 Å². The van der Waals surface area contributed by atoms with E-state index >= 15 is 0 Å². The Morgan fingerprint density at radius 3 is 2.71 bits per heavy atom. The maximum absolute atomic E-state index is 8.79. The van der Waals surface area contributed by atoms with Crippen LogP contribution in [0.1, 0.15) is 6.42 Å². The highest BCUT2D eigenvalue weighted by Gasteiger charge is 2.05. The predicted molar refractivity (Wildman–Crippen MR) is 67.3 cm³/mol. The minimum atomic E-state index is -0.0523. The van der Waals surface area contributed by atoms with Gasteiger partial charge in [0.05, 0.1) is 12.7 Å². The summed E-state index contributed by atoms with van der Waals surface area (Å²) in [5.41, 5.74) is 8.08. The average Bonchev–Trinajstić information content (AvgIpc) is 2.79. The van der Waals surface area contributed by atoms with Crippen molar-refractivity contribution in [3.63, 3.8) is 0 Å². The molecule has 2 rings (SSSR count). The van der Waals surface area contributed by atoms with Crippen LogP contribution in [0.4, 0.5) is 0 Å². The molecule has 1 aromatic heterocycles. The number of nitrogens with two attached hydrogens (primary N) is 1. The third kappa shape index (κ3) is 3.15. The second kappa shape index (κ2) is 5.61. The Labute approximate surface area is 101 Å². The number of hydrogen-bond donors (Lipinski definition) is 2. The van der Waals surface area contributed by atoms with E-state index in [0.717, 1.165) is 11.1 Å². The molecule has 1 heterocycles. The summed E-state index contributed by atoms with van der Waals surface area (Å²) in [6.07, 6.45) is 4.41. The van der Waals surface area contributed by atoms with E-state index in [1.807, 2.05) is 35.3 Å². The van der Waals surface area contributed by atoms with E-state index in [1.54, 1.807) is 0 Å². The predicted octanol–water partition coefficient (Wildman–Crippen LogP) is 1.26. The molecule has 0 bridgehead atoms. The Morgan fingerprint density at radius 2 is 2.00 bits per heavy atom. The minimum absolute atomic E-state index is 0.0523. The summed E-state index contributed by atoms with van der Waals surface area (Å²) in [6.45, 7) is 0.751. The first kappa shape index (κ1) is 11.8. The first-order valence-electron chi connectivity index (χ1n) is 5.74. The van der Waals surface area contributed by atoms with Crippen molar-refractivity contribution >= 4 is 0 Å². The number of benzene rings is 1. The highest BCUT2D eigenvalue weighted by Crippen LogP contribution is 2.17. The van der Waals surface area contributed by atoms with Crippen LogP contribution in [0.25, 0.3) is 11.1 Å². The van der Waals surface area contributed by atoms with Crippen LogP contribution >= 0.6 is 0 Å². The van der Waals surface area contributed by atoms with E-state index in [4.69, 9.17) is 10.8 Å². The van der Waals surface area contributed by atoms with Gasteiger partial charge in [-0.1, -0.05) is 30.3 Å². The molecule has 0 saturated carbocycles. The summed E-state index contributed by atoms with van der Waals surface area (Å²) in [5, 5.41) is 13.1. The summed E-state index contributed by atoms with van der Waals surface area (Å²) in [4.78, 5) is 0. The fourth-order valence-electron chi connectivity index (χ4n) is 1.74. The molecule has 0 aliphatic carbocycles. The lowest BCUT2D eigenvalue weighted by molar-refractivity contribution is 0.268. The normalized spacial score (nSPS) is 12.6. The van der Waals surface area contributed by atoms with Gasteiger partial charge in [-0.3, -0.25) is 4.68 Å². The molecule has 4 nitrogen and oxygen atoms in total. The van der Waals surface area contributed by atoms with Gasteiger partial charge >= 0.3 is 0 Å². The number of rotatable bonds is 5. The minimum Gasteiger partial charge on any atom is -0.396 e. The van der Waals surface area contributed by atoms with Crippen LogP contribution in [0, 0.1) is 0 Å². The lowest BCUT2D eigenvalue weighted by Crippen LogP contribution is -2.27. The Morgan fingerprint density at radius 1 is 1.24 bits per heavy atom. The van der Waals surface area contributed by atoms with Gasteiger partial charge in [-0.15, -0.1) is 0 Å². The van der Waals surface area contributed by atoms with Crippen LogP contribution in [0.15, 0.2) is 42.7 Å². The van der Waals surface area contributed by atoms with Crippen molar-refractivity contribution in [1.82, 2.24) is 9.78 Å². The van der Waals surface area contributed by atoms with Gasteiger partial charge < -0.3 is 10.8 Å². The van der Waals surface area contributed by atoms with E-state index in [1.165, 1.54) is 0 Å². The van der Waals surface area contributed by atoms with Gasteiger partial charge in [-0.25, -0.2) is 0 Å². The van der Waals surface area contributed by atoms with Crippen LogP contribution in [0.2, 0.25) is 0 Å². The van der Waals surface area contributed by atoms with Crippen LogP contribution in [0.5, 0.6) is 0 Å². The van der Waals surface area contributed by atoms with E-state index in [0.29, 0.717) is 13.0 Å². The fraction of sp³-hybridized carbons (Fsp3) is 0.308. The highest BCUT2D eigenvalue weighted by atomic mass is 16.3. The molecule has 0 saturated heterocycles. The van der Waals surface area contributed by atoms with Crippen molar-refractivity contribution in [2.24, 2.45) is 5.73 Å². The molecule has 90 valence electrons. The largest absolute Gasteiger partial charge is 0.396 e. The van der Waals surface area contributed by atoms with Crippen molar-refractivity contribution in [2.45, 2.75) is 19.0 Å². The number of hydrogen-bond acceptors (Lipinski definition) is 3. The zero-order valence-corrected chi connectivity index (χ0v) is 9.66. The molecule has 0 amide bonds. The second-order valence-corrected chi connectivity index (χ2v) is 4.09. The Kier molecular flexibility index (Phi) is 3.90. The first-order chi connectivity index (χ1) is 8.29. The summed E-state index contributed by atoms with van der Waals surface area (Å²) in [7, 11) is 0. The maximum atomic E-state index is 8.79. The third-order valence-corrected chi connectivity index (χ3v) is 2.66. The molecule has 3 N–H and O–H groups in total. The molecule has 0 radical (unpaired) electrons. The van der Waals surface area contributed by atoms with Crippen molar-refractivity contribution < 1.29 is 5.11 Å². The number of aromatic nitrogens is 2. The lowest BCUT2D eigenvalue weighted by Gasteiger charge is -2.09. The lowest BCUT2D eigenvalue weighted by atomic mass is 10.1. The standard InChI is InChI=1S/C13H17N3O/c14-13(6-7-17)10-16-9-12(8-15-16)11-4-2-1-3-5-11/h1-5,8-9,13,17H,6-7,10,14H2. The van der Waals surface area contributed by atoms with Crippen molar-refractivity contribution in [2.75, 3.05) is 6.61 Å². The number of aliphatic hydroxyl groups excluding tert-OH is 1. The summed E-state index contributed by atoms with van der Waals surface area (Å²) in [6, 6.07) is 10.0. The van der Waals surface area contributed by atoms with Gasteiger partial charge in [0.1, 0.15) is 0 Å². The molecule has 2 aromatic rings. The smallest absolute Gasteiger partial charge is 0.0568 e. The quantitative estimate of drug-likeness (QED) is 0.814. The molecule has 1 aromatic carbocycles. The monoisotopic (exact) mass is 231 g/mol. The van der Waals surface area contributed by atoms with Gasteiger partial charge in [0.2, 0.25) is 0 Å². The SMILES string of the molecule is NC(CCO)Cn1cc(-c2ccccc2)cn1. The van der Waals surface area contributed by atoms with E-state index in [9.17, 15) is 0 Å². The first-order valence-corrected chi connectivity index (χ1v) is 5.74. The zero-order valence-electron chi connectivity index (χ0n) is 9.66. The molecule has 0 aliphatic heterocycles. The average molecular weight is 231 g/mol. The fourth-order valence-corrected chi connectivity index (χ4v) is 1.74. The molecular formula is C13H17N3O. The zero-order chi connectivity index (χ0) is 12.1. The summed E-state index contributed by atoms with van der Waals surface area (Å²) in [5.74, 6) is 0. The summed E-state index contributed by atoms with van der Waals surface area (Å²) >= 11 is 0. The second-order valence-electron chi connectivity index (χ2n) is 4.09. The van der Waals surface area contributed by atoms with Crippen LogP contribution in [-0.2, 0) is 6.54 Å². The van der Waals surface area contributed by atoms with E-state index in [-0.39, 0.29) is 12.6 Å². The number of nitrogens with zero attached hydrogens (tertiary/aromatic N) is 2. The van der Waals surface area contributed by atoms with Gasteiger partial charge in [0.15, 0.2) is 0 Å². The Balaban J connectivity index is 2.06. The van der Waals surface area contributed by atoms with Crippen LogP contribution < -0.4 is 5.73 Å². The maximum Gasteiger partial charge on any atom is 0.0568 e. The molecule has 1 unspecified atom stereocenters. The van der Waals surface area contributed by atoms with Gasteiger partial charge in [0.25, 0.3) is 0 Å². The molecule has 0 spiro atoms. The van der Waals surface area contributed by atoms with Crippen LogP contribution in [0.3, 0.4) is 0 Å². The van der Waals surface area contributed by atoms with E-state index < -0.39 is 0 Å². The molecule has 17 heavy (non-hydrogen) atoms. The molecular weight excluding hydrogens is 214 g/mol. The van der Waals surface area contributed by atoms with E-state index in [2.05, 4.69) is 17.2 Å². The summed E-state index contributed by atoms with van der Waals surface area (Å²) < 4.78 is 1.82. The van der Waals surface area contributed by atoms with Gasteiger partial charge in [0, 0.05) is 24.4 Å². The van der Waals surface area contributed by atoms with Crippen LogP contribution in [-0.4, -0.2) is 27.5 Å². The molecule has 0 aliphatic rings. The van der Waals surface area contributed by atoms with Crippen molar-refractivity contribution in [3.8, 4) is 11.1 Å².